The zero-order valence-electron chi connectivity index (χ0n) is 12.6. The third-order valence-corrected chi connectivity index (χ3v) is 3.94. The highest BCUT2D eigenvalue weighted by atomic mass is 16.5. The van der Waals surface area contributed by atoms with Crippen LogP contribution in [0.1, 0.15) is 42.8 Å². The lowest BCUT2D eigenvalue weighted by molar-refractivity contribution is -0.115. The van der Waals surface area contributed by atoms with Crippen LogP contribution >= 0.6 is 0 Å². The number of hydrogen-bond donors (Lipinski definition) is 1. The summed E-state index contributed by atoms with van der Waals surface area (Å²) in [6, 6.07) is 2.10. The van der Waals surface area contributed by atoms with Crippen molar-refractivity contribution in [1.29, 1.82) is 0 Å². The van der Waals surface area contributed by atoms with Crippen molar-refractivity contribution in [3.63, 3.8) is 0 Å². The molecule has 0 radical (unpaired) electrons. The topological polar surface area (TPSA) is 73.0 Å². The zero-order chi connectivity index (χ0) is 15.0. The number of carbonyl (C=O) groups excluding carboxylic acids is 1. The molecule has 0 aromatic carbocycles. The SMILES string of the molecule is Cc1cc(CC(=O)Nc2c(C)cnn2C(C)C2CC2)on1. The maximum atomic E-state index is 12.2. The summed E-state index contributed by atoms with van der Waals surface area (Å²) in [6.45, 7) is 5.94. The van der Waals surface area contributed by atoms with E-state index in [4.69, 9.17) is 4.52 Å². The molecule has 0 aliphatic heterocycles. The predicted molar refractivity (Wildman–Crippen MR) is 78.0 cm³/mol. The van der Waals surface area contributed by atoms with E-state index in [-0.39, 0.29) is 12.3 Å². The van der Waals surface area contributed by atoms with E-state index >= 15 is 0 Å². The standard InChI is InChI=1S/C15H20N4O2/c1-9-8-16-19(11(3)12-4-5-12)15(9)17-14(20)7-13-6-10(2)18-21-13/h6,8,11-12H,4-5,7H2,1-3H3,(H,17,20). The second-order valence-corrected chi connectivity index (χ2v) is 5.86. The van der Waals surface area contributed by atoms with Gasteiger partial charge in [0.25, 0.3) is 0 Å². The average Bonchev–Trinajstić information content (AvgIpc) is 3.13. The number of carbonyl (C=O) groups is 1. The Balaban J connectivity index is 1.71. The molecular weight excluding hydrogens is 268 g/mol. The first-order valence-corrected chi connectivity index (χ1v) is 7.30. The molecule has 1 fully saturated rings. The Morgan fingerprint density at radius 1 is 1.52 bits per heavy atom. The maximum Gasteiger partial charge on any atom is 0.233 e. The lowest BCUT2D eigenvalue weighted by Crippen LogP contribution is -2.20. The van der Waals surface area contributed by atoms with Crippen LogP contribution in [-0.4, -0.2) is 20.8 Å². The molecule has 1 unspecified atom stereocenters. The van der Waals surface area contributed by atoms with Crippen molar-refractivity contribution >= 4 is 11.7 Å². The molecule has 0 spiro atoms. The van der Waals surface area contributed by atoms with Crippen LogP contribution in [0.25, 0.3) is 0 Å². The fourth-order valence-corrected chi connectivity index (χ4v) is 2.53. The molecule has 112 valence electrons. The summed E-state index contributed by atoms with van der Waals surface area (Å²) in [5.74, 6) is 1.93. The molecular formula is C15H20N4O2. The molecule has 1 aliphatic rings. The normalized spacial score (nSPS) is 16.0. The average molecular weight is 288 g/mol. The van der Waals surface area contributed by atoms with Crippen LogP contribution in [0.5, 0.6) is 0 Å². The number of anilines is 1. The predicted octanol–water partition coefficient (Wildman–Crippen LogP) is 2.64. The summed E-state index contributed by atoms with van der Waals surface area (Å²) in [5.41, 5.74) is 1.76. The molecule has 0 saturated heterocycles. The molecule has 0 bridgehead atoms. The van der Waals surface area contributed by atoms with E-state index in [1.807, 2.05) is 18.5 Å². The van der Waals surface area contributed by atoms with Crippen LogP contribution in [0.3, 0.4) is 0 Å². The third-order valence-electron chi connectivity index (χ3n) is 3.94. The number of nitrogens with one attached hydrogen (secondary N) is 1. The van der Waals surface area contributed by atoms with Gasteiger partial charge in [0.15, 0.2) is 0 Å². The van der Waals surface area contributed by atoms with Gasteiger partial charge in [0.05, 0.1) is 24.4 Å². The van der Waals surface area contributed by atoms with Crippen LogP contribution in [0.4, 0.5) is 5.82 Å². The van der Waals surface area contributed by atoms with Gasteiger partial charge in [-0.25, -0.2) is 4.68 Å². The highest BCUT2D eigenvalue weighted by Gasteiger charge is 2.31. The summed E-state index contributed by atoms with van der Waals surface area (Å²) in [4.78, 5) is 12.2. The second-order valence-electron chi connectivity index (χ2n) is 5.86. The molecule has 6 nitrogen and oxygen atoms in total. The van der Waals surface area contributed by atoms with Gasteiger partial charge in [-0.15, -0.1) is 0 Å². The van der Waals surface area contributed by atoms with Gasteiger partial charge in [-0.2, -0.15) is 5.10 Å². The minimum atomic E-state index is -0.112. The summed E-state index contributed by atoms with van der Waals surface area (Å²) in [5, 5.41) is 11.2. The van der Waals surface area contributed by atoms with Gasteiger partial charge in [-0.05, 0) is 39.5 Å². The van der Waals surface area contributed by atoms with Crippen molar-refractivity contribution < 1.29 is 9.32 Å². The van der Waals surface area contributed by atoms with Gasteiger partial charge >= 0.3 is 0 Å². The fraction of sp³-hybridized carbons (Fsp3) is 0.533. The molecule has 2 aromatic heterocycles. The number of aryl methyl sites for hydroxylation is 2. The molecule has 21 heavy (non-hydrogen) atoms. The minimum Gasteiger partial charge on any atom is -0.361 e. The summed E-state index contributed by atoms with van der Waals surface area (Å²) >= 11 is 0. The minimum absolute atomic E-state index is 0.112. The first-order chi connectivity index (χ1) is 10.0. The molecule has 3 rings (SSSR count). The number of nitrogens with zero attached hydrogens (tertiary/aromatic N) is 3. The monoisotopic (exact) mass is 288 g/mol. The molecule has 1 amide bonds. The van der Waals surface area contributed by atoms with Crippen molar-refractivity contribution in [1.82, 2.24) is 14.9 Å². The Hall–Kier alpha value is -2.11. The summed E-state index contributed by atoms with van der Waals surface area (Å²) in [7, 11) is 0. The van der Waals surface area contributed by atoms with E-state index in [0.29, 0.717) is 17.7 Å². The van der Waals surface area contributed by atoms with Crippen molar-refractivity contribution in [2.24, 2.45) is 5.92 Å². The first-order valence-electron chi connectivity index (χ1n) is 7.30. The quantitative estimate of drug-likeness (QED) is 0.918. The van der Waals surface area contributed by atoms with E-state index in [1.54, 1.807) is 12.3 Å². The third kappa shape index (κ3) is 2.99. The van der Waals surface area contributed by atoms with Crippen LogP contribution in [0, 0.1) is 19.8 Å². The van der Waals surface area contributed by atoms with Crippen molar-refractivity contribution in [2.45, 2.75) is 46.1 Å². The fourth-order valence-electron chi connectivity index (χ4n) is 2.53. The molecule has 1 atom stereocenters. The van der Waals surface area contributed by atoms with E-state index in [0.717, 1.165) is 17.1 Å². The summed E-state index contributed by atoms with van der Waals surface area (Å²) < 4.78 is 7.00. The Labute approximate surface area is 123 Å². The largest absolute Gasteiger partial charge is 0.361 e. The van der Waals surface area contributed by atoms with Crippen LogP contribution in [0.15, 0.2) is 16.8 Å². The Bertz CT molecular complexity index is 654. The highest BCUT2D eigenvalue weighted by molar-refractivity contribution is 5.91. The lowest BCUT2D eigenvalue weighted by Gasteiger charge is -2.16. The smallest absolute Gasteiger partial charge is 0.233 e. The van der Waals surface area contributed by atoms with Gasteiger partial charge in [0.1, 0.15) is 11.6 Å². The first kappa shape index (κ1) is 13.9. The molecule has 1 N–H and O–H groups in total. The highest BCUT2D eigenvalue weighted by Crippen LogP contribution is 2.40. The van der Waals surface area contributed by atoms with E-state index in [2.05, 4.69) is 22.5 Å². The van der Waals surface area contributed by atoms with Gasteiger partial charge in [0.2, 0.25) is 5.91 Å². The van der Waals surface area contributed by atoms with Crippen LogP contribution < -0.4 is 5.32 Å². The Morgan fingerprint density at radius 3 is 2.90 bits per heavy atom. The van der Waals surface area contributed by atoms with Crippen LogP contribution in [0.2, 0.25) is 0 Å². The van der Waals surface area contributed by atoms with Gasteiger partial charge in [-0.3, -0.25) is 4.79 Å². The van der Waals surface area contributed by atoms with Gasteiger partial charge in [-0.1, -0.05) is 5.16 Å². The molecule has 1 saturated carbocycles. The number of amides is 1. The van der Waals surface area contributed by atoms with E-state index in [9.17, 15) is 4.79 Å². The van der Waals surface area contributed by atoms with Gasteiger partial charge < -0.3 is 9.84 Å². The maximum absolute atomic E-state index is 12.2. The zero-order valence-corrected chi connectivity index (χ0v) is 12.6. The number of aromatic nitrogens is 3. The number of rotatable bonds is 5. The Kier molecular flexibility index (Phi) is 3.53. The Morgan fingerprint density at radius 2 is 2.29 bits per heavy atom. The summed E-state index contributed by atoms with van der Waals surface area (Å²) in [6.07, 6.45) is 4.46. The van der Waals surface area contributed by atoms with Gasteiger partial charge in [0, 0.05) is 11.6 Å². The molecule has 6 heteroatoms. The van der Waals surface area contributed by atoms with E-state index < -0.39 is 0 Å². The number of hydrogen-bond acceptors (Lipinski definition) is 4. The molecule has 2 heterocycles. The lowest BCUT2D eigenvalue weighted by atomic mass is 10.2. The molecule has 1 aliphatic carbocycles. The van der Waals surface area contributed by atoms with Crippen molar-refractivity contribution in [3.8, 4) is 0 Å². The van der Waals surface area contributed by atoms with Crippen molar-refractivity contribution in [2.75, 3.05) is 5.32 Å². The second kappa shape index (κ2) is 5.35. The molecule has 2 aromatic rings. The van der Waals surface area contributed by atoms with Crippen molar-refractivity contribution in [3.05, 3.63) is 29.3 Å². The van der Waals surface area contributed by atoms with E-state index in [1.165, 1.54) is 12.8 Å². The van der Waals surface area contributed by atoms with Crippen LogP contribution in [-0.2, 0) is 11.2 Å².